The molecule has 0 bridgehead atoms. The highest BCUT2D eigenvalue weighted by molar-refractivity contribution is 5.75. The standard InChI is InChI=1S/C12H6F10O3/c13-8(25-12(21,22)10(16,17)11(18,19)20)9(14,15)24-7-3-1-2-6(4-7)5-23/h1-5,8H. The zero-order valence-corrected chi connectivity index (χ0v) is 11.5. The Hall–Kier alpha value is -2.05. The lowest BCUT2D eigenvalue weighted by molar-refractivity contribution is -0.460. The molecule has 1 aromatic rings. The van der Waals surface area contributed by atoms with Gasteiger partial charge in [0, 0.05) is 5.56 Å². The van der Waals surface area contributed by atoms with Crippen molar-refractivity contribution in [3.8, 4) is 5.75 Å². The molecule has 0 saturated heterocycles. The molecule has 0 spiro atoms. The number of aldehydes is 1. The third-order valence-corrected chi connectivity index (χ3v) is 2.49. The Kier molecular flexibility index (Phi) is 5.62. The fourth-order valence-corrected chi connectivity index (χ4v) is 1.29. The van der Waals surface area contributed by atoms with Crippen LogP contribution < -0.4 is 4.74 Å². The first-order valence-electron chi connectivity index (χ1n) is 5.90. The number of ether oxygens (including phenoxy) is 2. The van der Waals surface area contributed by atoms with Crippen LogP contribution in [0.25, 0.3) is 0 Å². The summed E-state index contributed by atoms with van der Waals surface area (Å²) in [5, 5.41) is 0. The van der Waals surface area contributed by atoms with Gasteiger partial charge >= 0.3 is 30.7 Å². The van der Waals surface area contributed by atoms with Gasteiger partial charge in [-0.05, 0) is 12.1 Å². The molecule has 3 nitrogen and oxygen atoms in total. The number of halogens is 10. The van der Waals surface area contributed by atoms with E-state index in [2.05, 4.69) is 9.47 Å². The number of benzene rings is 1. The van der Waals surface area contributed by atoms with Crippen molar-refractivity contribution in [1.82, 2.24) is 0 Å². The van der Waals surface area contributed by atoms with Crippen LogP contribution in [0.1, 0.15) is 10.4 Å². The Morgan fingerprint density at radius 2 is 1.52 bits per heavy atom. The van der Waals surface area contributed by atoms with Crippen LogP contribution in [0.3, 0.4) is 0 Å². The van der Waals surface area contributed by atoms with Gasteiger partial charge in [0.1, 0.15) is 12.0 Å². The first-order valence-corrected chi connectivity index (χ1v) is 5.90. The van der Waals surface area contributed by atoms with Gasteiger partial charge in [-0.2, -0.15) is 39.5 Å². The Bertz CT molecular complexity index is 613. The molecule has 0 N–H and O–H groups in total. The lowest BCUT2D eigenvalue weighted by atomic mass is 10.2. The van der Waals surface area contributed by atoms with Gasteiger partial charge in [-0.3, -0.25) is 9.53 Å². The molecule has 0 heterocycles. The minimum atomic E-state index is -6.95. The van der Waals surface area contributed by atoms with Crippen molar-refractivity contribution in [2.24, 2.45) is 0 Å². The predicted molar refractivity (Wildman–Crippen MR) is 59.3 cm³/mol. The highest BCUT2D eigenvalue weighted by atomic mass is 19.4. The third-order valence-electron chi connectivity index (χ3n) is 2.49. The molecule has 0 aliphatic rings. The van der Waals surface area contributed by atoms with Crippen molar-refractivity contribution in [3.63, 3.8) is 0 Å². The monoisotopic (exact) mass is 388 g/mol. The SMILES string of the molecule is O=Cc1cccc(OC(F)(F)C(F)OC(F)(F)C(F)(F)C(F)(F)F)c1. The molecule has 0 aliphatic carbocycles. The van der Waals surface area contributed by atoms with Crippen LogP contribution in [0, 0.1) is 0 Å². The summed E-state index contributed by atoms with van der Waals surface area (Å²) in [7, 11) is 0. The summed E-state index contributed by atoms with van der Waals surface area (Å²) in [5.41, 5.74) is -0.265. The Morgan fingerprint density at radius 3 is 2.00 bits per heavy atom. The van der Waals surface area contributed by atoms with E-state index in [4.69, 9.17) is 0 Å². The Balaban J connectivity index is 2.96. The van der Waals surface area contributed by atoms with Crippen LogP contribution in [-0.4, -0.2) is 37.0 Å². The number of rotatable bonds is 7. The molecule has 0 radical (unpaired) electrons. The number of carbonyl (C=O) groups is 1. The molecule has 0 saturated carbocycles. The van der Waals surface area contributed by atoms with E-state index < -0.39 is 36.4 Å². The van der Waals surface area contributed by atoms with Crippen LogP contribution in [-0.2, 0) is 4.74 Å². The van der Waals surface area contributed by atoms with Gasteiger partial charge in [0.05, 0.1) is 0 Å². The molecule has 25 heavy (non-hydrogen) atoms. The first kappa shape index (κ1) is 21.0. The summed E-state index contributed by atoms with van der Waals surface area (Å²) in [4.78, 5) is 10.4. The van der Waals surface area contributed by atoms with Crippen molar-refractivity contribution in [1.29, 1.82) is 0 Å². The van der Waals surface area contributed by atoms with Crippen molar-refractivity contribution >= 4 is 6.29 Å². The van der Waals surface area contributed by atoms with E-state index in [1.807, 2.05) is 0 Å². The molecule has 0 fully saturated rings. The van der Waals surface area contributed by atoms with Gasteiger partial charge in [0.15, 0.2) is 0 Å². The molecule has 142 valence electrons. The van der Waals surface area contributed by atoms with Crippen LogP contribution in [0.2, 0.25) is 0 Å². The van der Waals surface area contributed by atoms with Crippen molar-refractivity contribution < 1.29 is 58.2 Å². The lowest BCUT2D eigenvalue weighted by Crippen LogP contribution is -2.56. The Morgan fingerprint density at radius 1 is 0.960 bits per heavy atom. The van der Waals surface area contributed by atoms with Crippen molar-refractivity contribution in [3.05, 3.63) is 29.8 Å². The second kappa shape index (κ2) is 6.69. The van der Waals surface area contributed by atoms with E-state index in [0.29, 0.717) is 12.1 Å². The summed E-state index contributed by atoms with van der Waals surface area (Å²) in [6.07, 6.45) is -23.5. The quantitative estimate of drug-likeness (QED) is 0.507. The summed E-state index contributed by atoms with van der Waals surface area (Å²) < 4.78 is 132. The highest BCUT2D eigenvalue weighted by Gasteiger charge is 2.76. The number of alkyl halides is 10. The first-order chi connectivity index (χ1) is 11.1. The summed E-state index contributed by atoms with van der Waals surface area (Å²) in [6, 6.07) is 3.33. The molecule has 1 unspecified atom stereocenters. The average molecular weight is 388 g/mol. The van der Waals surface area contributed by atoms with E-state index >= 15 is 0 Å². The van der Waals surface area contributed by atoms with Gasteiger partial charge in [-0.15, -0.1) is 0 Å². The molecule has 1 aromatic carbocycles. The minimum absolute atomic E-state index is 0.145. The maximum atomic E-state index is 13.3. The van der Waals surface area contributed by atoms with Crippen LogP contribution in [0.4, 0.5) is 43.9 Å². The maximum absolute atomic E-state index is 13.3. The molecular formula is C12H6F10O3. The van der Waals surface area contributed by atoms with Gasteiger partial charge < -0.3 is 4.74 Å². The van der Waals surface area contributed by atoms with E-state index in [9.17, 15) is 48.7 Å². The van der Waals surface area contributed by atoms with E-state index in [-0.39, 0.29) is 11.8 Å². The lowest BCUT2D eigenvalue weighted by Gasteiger charge is -2.30. The summed E-state index contributed by atoms with van der Waals surface area (Å²) >= 11 is 0. The average Bonchev–Trinajstić information content (AvgIpc) is 2.45. The third kappa shape index (κ3) is 4.52. The van der Waals surface area contributed by atoms with Crippen molar-refractivity contribution in [2.45, 2.75) is 30.7 Å². The normalized spacial score (nSPS) is 15.0. The maximum Gasteiger partial charge on any atom is 0.462 e. The molecule has 0 aromatic heterocycles. The Labute approximate surface area is 132 Å². The zero-order chi connectivity index (χ0) is 19.7. The fraction of sp³-hybridized carbons (Fsp3) is 0.417. The van der Waals surface area contributed by atoms with E-state index in [1.165, 1.54) is 0 Å². The minimum Gasteiger partial charge on any atom is -0.429 e. The number of carbonyl (C=O) groups excluding carboxylic acids is 1. The molecule has 13 heteroatoms. The predicted octanol–water partition coefficient (Wildman–Crippen LogP) is 4.57. The largest absolute Gasteiger partial charge is 0.462 e. The van der Waals surface area contributed by atoms with Gasteiger partial charge in [-0.25, -0.2) is 4.39 Å². The van der Waals surface area contributed by atoms with Gasteiger partial charge in [0.2, 0.25) is 0 Å². The van der Waals surface area contributed by atoms with Gasteiger partial charge in [0.25, 0.3) is 0 Å². The second-order valence-electron chi connectivity index (χ2n) is 4.38. The van der Waals surface area contributed by atoms with Crippen LogP contribution in [0.5, 0.6) is 5.75 Å². The molecule has 1 rings (SSSR count). The number of hydrogen-bond donors (Lipinski definition) is 0. The number of hydrogen-bond acceptors (Lipinski definition) is 3. The van der Waals surface area contributed by atoms with Crippen LogP contribution in [0.15, 0.2) is 24.3 Å². The zero-order valence-electron chi connectivity index (χ0n) is 11.5. The molecule has 1 atom stereocenters. The molecule has 0 amide bonds. The molecule has 0 aliphatic heterocycles. The summed E-state index contributed by atoms with van der Waals surface area (Å²) in [5.74, 6) is -7.91. The second-order valence-corrected chi connectivity index (χ2v) is 4.38. The smallest absolute Gasteiger partial charge is 0.429 e. The topological polar surface area (TPSA) is 35.5 Å². The van der Waals surface area contributed by atoms with Crippen molar-refractivity contribution in [2.75, 3.05) is 0 Å². The van der Waals surface area contributed by atoms with E-state index in [1.54, 1.807) is 0 Å². The van der Waals surface area contributed by atoms with Gasteiger partial charge in [-0.1, -0.05) is 12.1 Å². The van der Waals surface area contributed by atoms with E-state index in [0.717, 1.165) is 12.1 Å². The van der Waals surface area contributed by atoms with Crippen LogP contribution >= 0.6 is 0 Å². The summed E-state index contributed by atoms with van der Waals surface area (Å²) in [6.45, 7) is 0. The fourth-order valence-electron chi connectivity index (χ4n) is 1.29. The highest BCUT2D eigenvalue weighted by Crippen LogP contribution is 2.48. The molecular weight excluding hydrogens is 382 g/mol.